The standard InChI is InChI=1S/C47H44N4O2S2/c1-7-46(52)50-24-43(37-15-11-9-13-35(37)41-23-49-31(5)19-29(41)3)39-21-33(55-45(39)27-50)16-17-47(53)51-25-42(38-20-32(6)54-44(38)26-51)36-14-10-8-12-34(36)40-22-48-30(4)18-28(40)2/h7-23,42-43H,1,24-27H2,2-6H3/t42-,43+/m1/s1. The highest BCUT2D eigenvalue weighted by Crippen LogP contribution is 2.44. The SMILES string of the molecule is C=CC(=O)N1Cc2sc(C=CC(=O)N3Cc4sc(C)cc4[C@@H](c4ccccc4-c4cnc(C)cc4C)C3)cc2[C@H](c2ccccc2-c2cnc(C)cc2C)C1. The monoisotopic (exact) mass is 760 g/mol. The minimum atomic E-state index is -0.0832. The highest BCUT2D eigenvalue weighted by atomic mass is 32.1. The fourth-order valence-electron chi connectivity index (χ4n) is 8.38. The van der Waals surface area contributed by atoms with Crippen LogP contribution in [0.2, 0.25) is 0 Å². The number of pyridine rings is 2. The zero-order chi connectivity index (χ0) is 38.4. The van der Waals surface area contributed by atoms with Gasteiger partial charge in [-0.05, 0) is 116 Å². The van der Waals surface area contributed by atoms with Crippen LogP contribution < -0.4 is 0 Å². The van der Waals surface area contributed by atoms with E-state index in [1.165, 1.54) is 38.1 Å². The van der Waals surface area contributed by atoms with Crippen molar-refractivity contribution in [3.63, 3.8) is 0 Å². The number of fused-ring (bicyclic) bond motifs is 2. The van der Waals surface area contributed by atoms with Gasteiger partial charge in [0.25, 0.3) is 0 Å². The lowest BCUT2D eigenvalue weighted by Crippen LogP contribution is -2.37. The van der Waals surface area contributed by atoms with Gasteiger partial charge in [0.15, 0.2) is 0 Å². The number of aromatic nitrogens is 2. The molecule has 276 valence electrons. The summed E-state index contributed by atoms with van der Waals surface area (Å²) in [7, 11) is 0. The minimum Gasteiger partial charge on any atom is -0.333 e. The molecule has 0 bridgehead atoms. The summed E-state index contributed by atoms with van der Waals surface area (Å²) < 4.78 is 0. The Morgan fingerprint density at radius 3 is 1.71 bits per heavy atom. The zero-order valence-corrected chi connectivity index (χ0v) is 33.6. The summed E-state index contributed by atoms with van der Waals surface area (Å²) in [6.45, 7) is 16.5. The quantitative estimate of drug-likeness (QED) is 0.152. The van der Waals surface area contributed by atoms with E-state index in [4.69, 9.17) is 0 Å². The van der Waals surface area contributed by atoms with E-state index in [1.807, 2.05) is 42.1 Å². The first-order valence-electron chi connectivity index (χ1n) is 18.7. The molecule has 0 spiro atoms. The molecule has 6 heterocycles. The van der Waals surface area contributed by atoms with Crippen molar-refractivity contribution in [3.05, 3.63) is 168 Å². The van der Waals surface area contributed by atoms with Crippen LogP contribution in [0.15, 0.2) is 104 Å². The summed E-state index contributed by atoms with van der Waals surface area (Å²) >= 11 is 3.43. The largest absolute Gasteiger partial charge is 0.333 e. The van der Waals surface area contributed by atoms with Crippen molar-refractivity contribution >= 4 is 40.6 Å². The van der Waals surface area contributed by atoms with Crippen molar-refractivity contribution < 1.29 is 9.59 Å². The smallest absolute Gasteiger partial charge is 0.246 e. The van der Waals surface area contributed by atoms with E-state index >= 15 is 0 Å². The van der Waals surface area contributed by atoms with Gasteiger partial charge in [0.2, 0.25) is 11.8 Å². The third-order valence-corrected chi connectivity index (χ3v) is 13.1. The maximum absolute atomic E-state index is 14.1. The highest BCUT2D eigenvalue weighted by Gasteiger charge is 2.34. The first kappa shape index (κ1) is 36.5. The Morgan fingerprint density at radius 2 is 1.16 bits per heavy atom. The molecule has 2 aliphatic rings. The molecule has 0 radical (unpaired) electrons. The van der Waals surface area contributed by atoms with Crippen molar-refractivity contribution in [2.75, 3.05) is 13.1 Å². The molecule has 2 aromatic carbocycles. The zero-order valence-electron chi connectivity index (χ0n) is 31.9. The van der Waals surface area contributed by atoms with E-state index in [2.05, 4.69) is 110 Å². The van der Waals surface area contributed by atoms with Crippen LogP contribution >= 0.6 is 22.7 Å². The molecule has 0 saturated carbocycles. The van der Waals surface area contributed by atoms with E-state index in [1.54, 1.807) is 28.7 Å². The fraction of sp³-hybridized carbons (Fsp3) is 0.234. The number of thiophene rings is 2. The Bertz CT molecular complexity index is 2510. The lowest BCUT2D eigenvalue weighted by Gasteiger charge is -2.33. The van der Waals surface area contributed by atoms with Gasteiger partial charge in [-0.15, -0.1) is 22.7 Å². The molecule has 2 aliphatic heterocycles. The van der Waals surface area contributed by atoms with Gasteiger partial charge in [-0.2, -0.15) is 0 Å². The number of nitrogens with zero attached hydrogens (tertiary/aromatic N) is 4. The van der Waals surface area contributed by atoms with Crippen LogP contribution in [0.1, 0.15) is 76.1 Å². The van der Waals surface area contributed by atoms with Crippen LogP contribution in [0.5, 0.6) is 0 Å². The minimum absolute atomic E-state index is 0.00792. The molecule has 0 fully saturated rings. The summed E-state index contributed by atoms with van der Waals surface area (Å²) in [4.78, 5) is 45.0. The number of amides is 2. The average molecular weight is 761 g/mol. The van der Waals surface area contributed by atoms with E-state index in [0.29, 0.717) is 26.2 Å². The van der Waals surface area contributed by atoms with Crippen LogP contribution in [0.3, 0.4) is 0 Å². The van der Waals surface area contributed by atoms with Gasteiger partial charge in [-0.1, -0.05) is 55.1 Å². The molecular weight excluding hydrogens is 717 g/mol. The second kappa shape index (κ2) is 15.0. The molecule has 8 heteroatoms. The maximum atomic E-state index is 14.1. The summed E-state index contributed by atoms with van der Waals surface area (Å²) in [6.07, 6.45) is 9.03. The van der Waals surface area contributed by atoms with Gasteiger partial charge in [-0.3, -0.25) is 19.6 Å². The summed E-state index contributed by atoms with van der Waals surface area (Å²) in [6, 6.07) is 25.8. The number of hydrogen-bond acceptors (Lipinski definition) is 6. The Balaban J connectivity index is 1.11. The third kappa shape index (κ3) is 7.12. The van der Waals surface area contributed by atoms with Gasteiger partial charge in [0, 0.05) is 85.4 Å². The maximum Gasteiger partial charge on any atom is 0.246 e. The summed E-state index contributed by atoms with van der Waals surface area (Å²) in [5.74, 6) is -0.0975. The second-order valence-electron chi connectivity index (χ2n) is 14.8. The lowest BCUT2D eigenvalue weighted by atomic mass is 9.83. The van der Waals surface area contributed by atoms with Gasteiger partial charge in [0.05, 0.1) is 13.1 Å². The average Bonchev–Trinajstić information content (AvgIpc) is 3.78. The molecular formula is C47H44N4O2S2. The molecule has 2 amide bonds. The molecule has 8 rings (SSSR count). The number of carbonyl (C=O) groups excluding carboxylic acids is 2. The summed E-state index contributed by atoms with van der Waals surface area (Å²) in [5, 5.41) is 0. The molecule has 55 heavy (non-hydrogen) atoms. The number of aryl methyl sites for hydroxylation is 5. The predicted octanol–water partition coefficient (Wildman–Crippen LogP) is 10.3. The van der Waals surface area contributed by atoms with E-state index < -0.39 is 0 Å². The normalized spacial score (nSPS) is 16.6. The predicted molar refractivity (Wildman–Crippen MR) is 225 cm³/mol. The number of rotatable bonds is 7. The second-order valence-corrected chi connectivity index (χ2v) is 17.3. The van der Waals surface area contributed by atoms with Crippen molar-refractivity contribution in [2.45, 2.75) is 59.5 Å². The van der Waals surface area contributed by atoms with Crippen molar-refractivity contribution in [3.8, 4) is 22.3 Å². The number of hydrogen-bond donors (Lipinski definition) is 0. The molecule has 0 aliphatic carbocycles. The van der Waals surface area contributed by atoms with Crippen LogP contribution in [0, 0.1) is 34.6 Å². The van der Waals surface area contributed by atoms with Crippen LogP contribution in [0.4, 0.5) is 0 Å². The first-order valence-corrected chi connectivity index (χ1v) is 20.4. The highest BCUT2D eigenvalue weighted by molar-refractivity contribution is 7.13. The molecule has 0 saturated heterocycles. The van der Waals surface area contributed by atoms with Gasteiger partial charge < -0.3 is 9.80 Å². The Hall–Kier alpha value is -5.44. The molecule has 6 nitrogen and oxygen atoms in total. The third-order valence-electron chi connectivity index (χ3n) is 11.0. The van der Waals surface area contributed by atoms with E-state index in [0.717, 1.165) is 54.5 Å². The number of benzene rings is 2. The van der Waals surface area contributed by atoms with E-state index in [-0.39, 0.29) is 23.7 Å². The van der Waals surface area contributed by atoms with Crippen molar-refractivity contribution in [2.24, 2.45) is 0 Å². The number of carbonyl (C=O) groups is 2. The molecule has 6 aromatic rings. The topological polar surface area (TPSA) is 66.4 Å². The van der Waals surface area contributed by atoms with Crippen LogP contribution in [0.25, 0.3) is 28.3 Å². The molecule has 2 atom stereocenters. The van der Waals surface area contributed by atoms with Gasteiger partial charge >= 0.3 is 0 Å². The summed E-state index contributed by atoms with van der Waals surface area (Å²) in [5.41, 5.74) is 13.7. The molecule has 0 unspecified atom stereocenters. The fourth-order valence-corrected chi connectivity index (χ4v) is 10.6. The molecule has 0 N–H and O–H groups in total. The van der Waals surface area contributed by atoms with E-state index in [9.17, 15) is 9.59 Å². The van der Waals surface area contributed by atoms with Crippen molar-refractivity contribution in [1.29, 1.82) is 0 Å². The first-order chi connectivity index (χ1) is 26.6. The van der Waals surface area contributed by atoms with Crippen LogP contribution in [-0.2, 0) is 22.7 Å². The van der Waals surface area contributed by atoms with Gasteiger partial charge in [0.1, 0.15) is 0 Å². The van der Waals surface area contributed by atoms with Gasteiger partial charge in [-0.25, -0.2) is 0 Å². The lowest BCUT2D eigenvalue weighted by molar-refractivity contribution is -0.127. The van der Waals surface area contributed by atoms with Crippen molar-refractivity contribution in [1.82, 2.24) is 19.8 Å². The Kier molecular flexibility index (Phi) is 9.97. The van der Waals surface area contributed by atoms with Crippen LogP contribution in [-0.4, -0.2) is 44.7 Å². The Labute approximate surface area is 331 Å². The Morgan fingerprint density at radius 1 is 0.655 bits per heavy atom. The molecule has 4 aromatic heterocycles.